The first-order chi connectivity index (χ1) is 8.81. The Kier molecular flexibility index (Phi) is 3.86. The summed E-state index contributed by atoms with van der Waals surface area (Å²) in [6.07, 6.45) is 3.25. The first-order valence-electron chi connectivity index (χ1n) is 5.61. The fraction of sp³-hybridized carbons (Fsp3) is 0.154. The zero-order chi connectivity index (χ0) is 12.8. The van der Waals surface area contributed by atoms with E-state index in [1.807, 2.05) is 30.3 Å². The molecular formula is C13H14N4O. The number of likely N-dealkylation sites (N-methyl/N-ethyl adjacent to an activating group) is 1. The summed E-state index contributed by atoms with van der Waals surface area (Å²) in [5.74, 6) is 0.295. The van der Waals surface area contributed by atoms with Gasteiger partial charge in [0.1, 0.15) is 6.04 Å². The molecule has 0 saturated heterocycles. The van der Waals surface area contributed by atoms with Crippen LogP contribution < -0.4 is 10.6 Å². The number of hydrogen-bond acceptors (Lipinski definition) is 4. The Bertz CT molecular complexity index is 501. The maximum atomic E-state index is 11.9. The molecule has 1 heterocycles. The van der Waals surface area contributed by atoms with Crippen LogP contribution in [-0.4, -0.2) is 22.9 Å². The van der Waals surface area contributed by atoms with Gasteiger partial charge in [0.2, 0.25) is 11.9 Å². The van der Waals surface area contributed by atoms with Gasteiger partial charge in [-0.15, -0.1) is 0 Å². The second-order valence-electron chi connectivity index (χ2n) is 3.67. The molecule has 0 aliphatic heterocycles. The third-order valence-electron chi connectivity index (χ3n) is 2.48. The van der Waals surface area contributed by atoms with Crippen molar-refractivity contribution in [2.75, 3.05) is 12.4 Å². The molecule has 0 saturated carbocycles. The average Bonchev–Trinajstić information content (AvgIpc) is 2.46. The van der Waals surface area contributed by atoms with Crippen molar-refractivity contribution in [2.24, 2.45) is 0 Å². The van der Waals surface area contributed by atoms with E-state index in [2.05, 4.69) is 20.6 Å². The monoisotopic (exact) mass is 242 g/mol. The third-order valence-corrected chi connectivity index (χ3v) is 2.48. The van der Waals surface area contributed by atoms with Crippen molar-refractivity contribution in [3.63, 3.8) is 0 Å². The smallest absolute Gasteiger partial charge is 0.246 e. The van der Waals surface area contributed by atoms with Gasteiger partial charge in [-0.05, 0) is 11.6 Å². The molecule has 1 unspecified atom stereocenters. The number of benzene rings is 1. The van der Waals surface area contributed by atoms with E-state index in [0.717, 1.165) is 5.56 Å². The Hall–Kier alpha value is -2.43. The van der Waals surface area contributed by atoms with Crippen LogP contribution >= 0.6 is 0 Å². The predicted octanol–water partition coefficient (Wildman–Crippen LogP) is 1.38. The molecule has 2 aromatic rings. The van der Waals surface area contributed by atoms with Crippen LogP contribution in [0.4, 0.5) is 5.95 Å². The van der Waals surface area contributed by atoms with Crippen molar-refractivity contribution in [1.82, 2.24) is 15.3 Å². The van der Waals surface area contributed by atoms with E-state index in [9.17, 15) is 4.79 Å². The number of anilines is 1. The van der Waals surface area contributed by atoms with Gasteiger partial charge in [-0.1, -0.05) is 30.3 Å². The lowest BCUT2D eigenvalue weighted by Gasteiger charge is -2.17. The summed E-state index contributed by atoms with van der Waals surface area (Å²) >= 11 is 0. The maximum absolute atomic E-state index is 11.9. The van der Waals surface area contributed by atoms with Crippen molar-refractivity contribution in [3.8, 4) is 0 Å². The van der Waals surface area contributed by atoms with Gasteiger partial charge in [0, 0.05) is 19.4 Å². The molecule has 1 atom stereocenters. The summed E-state index contributed by atoms with van der Waals surface area (Å²) in [7, 11) is 1.60. The predicted molar refractivity (Wildman–Crippen MR) is 68.9 cm³/mol. The molecule has 2 N–H and O–H groups in total. The van der Waals surface area contributed by atoms with Crippen molar-refractivity contribution in [3.05, 3.63) is 54.4 Å². The van der Waals surface area contributed by atoms with Crippen LogP contribution in [0.25, 0.3) is 0 Å². The van der Waals surface area contributed by atoms with Gasteiger partial charge >= 0.3 is 0 Å². The van der Waals surface area contributed by atoms with Crippen LogP contribution in [0.5, 0.6) is 0 Å². The Morgan fingerprint density at radius 2 is 1.78 bits per heavy atom. The molecule has 18 heavy (non-hydrogen) atoms. The lowest BCUT2D eigenvalue weighted by molar-refractivity contribution is -0.121. The normalized spacial score (nSPS) is 11.6. The molecular weight excluding hydrogens is 228 g/mol. The van der Waals surface area contributed by atoms with E-state index in [1.165, 1.54) is 0 Å². The molecule has 1 amide bonds. The highest BCUT2D eigenvalue weighted by molar-refractivity contribution is 5.85. The van der Waals surface area contributed by atoms with Crippen molar-refractivity contribution in [1.29, 1.82) is 0 Å². The van der Waals surface area contributed by atoms with Crippen LogP contribution in [0.1, 0.15) is 11.6 Å². The number of nitrogens with zero attached hydrogens (tertiary/aromatic N) is 2. The highest BCUT2D eigenvalue weighted by atomic mass is 16.2. The molecule has 0 spiro atoms. The highest BCUT2D eigenvalue weighted by Gasteiger charge is 2.19. The molecule has 5 heteroatoms. The summed E-state index contributed by atoms with van der Waals surface area (Å²) in [6.45, 7) is 0. The topological polar surface area (TPSA) is 66.9 Å². The number of aromatic nitrogens is 2. The second kappa shape index (κ2) is 5.77. The maximum Gasteiger partial charge on any atom is 0.246 e. The lowest BCUT2D eigenvalue weighted by Crippen LogP contribution is -2.31. The van der Waals surface area contributed by atoms with E-state index >= 15 is 0 Å². The van der Waals surface area contributed by atoms with Gasteiger partial charge < -0.3 is 10.6 Å². The highest BCUT2D eigenvalue weighted by Crippen LogP contribution is 2.16. The van der Waals surface area contributed by atoms with Gasteiger partial charge in [0.25, 0.3) is 0 Å². The number of rotatable bonds is 4. The fourth-order valence-electron chi connectivity index (χ4n) is 1.59. The minimum Gasteiger partial charge on any atom is -0.357 e. The quantitative estimate of drug-likeness (QED) is 0.850. The second-order valence-corrected chi connectivity index (χ2v) is 3.67. The fourth-order valence-corrected chi connectivity index (χ4v) is 1.59. The summed E-state index contributed by atoms with van der Waals surface area (Å²) in [6, 6.07) is 10.7. The number of carbonyl (C=O) groups excluding carboxylic acids is 1. The average molecular weight is 242 g/mol. The van der Waals surface area contributed by atoms with Crippen LogP contribution in [0.3, 0.4) is 0 Å². The third kappa shape index (κ3) is 2.82. The van der Waals surface area contributed by atoms with Gasteiger partial charge in [-0.25, -0.2) is 9.97 Å². The number of carbonyl (C=O) groups is 1. The molecule has 0 aliphatic carbocycles. The Morgan fingerprint density at radius 3 is 2.39 bits per heavy atom. The molecule has 0 aliphatic rings. The summed E-state index contributed by atoms with van der Waals surface area (Å²) < 4.78 is 0. The summed E-state index contributed by atoms with van der Waals surface area (Å²) in [5, 5.41) is 5.64. The summed E-state index contributed by atoms with van der Waals surface area (Å²) in [5.41, 5.74) is 0.865. The number of hydrogen-bond donors (Lipinski definition) is 2. The minimum absolute atomic E-state index is 0.131. The minimum atomic E-state index is -0.501. The standard InChI is InChI=1S/C13H14N4O/c1-14-12(18)11(10-6-3-2-4-7-10)17-13-15-8-5-9-16-13/h2-9,11H,1H3,(H,14,18)(H,15,16,17). The lowest BCUT2D eigenvalue weighted by atomic mass is 10.1. The molecule has 5 nitrogen and oxygen atoms in total. The molecule has 1 aromatic heterocycles. The van der Waals surface area contributed by atoms with Crippen molar-refractivity contribution < 1.29 is 4.79 Å². The van der Waals surface area contributed by atoms with Gasteiger partial charge in [-0.2, -0.15) is 0 Å². The Morgan fingerprint density at radius 1 is 1.11 bits per heavy atom. The first kappa shape index (κ1) is 12.0. The molecule has 1 aromatic carbocycles. The zero-order valence-corrected chi connectivity index (χ0v) is 10.00. The van der Waals surface area contributed by atoms with Gasteiger partial charge in [-0.3, -0.25) is 4.79 Å². The molecule has 0 fully saturated rings. The van der Waals surface area contributed by atoms with E-state index < -0.39 is 6.04 Å². The van der Waals surface area contributed by atoms with E-state index in [1.54, 1.807) is 25.5 Å². The van der Waals surface area contributed by atoms with E-state index in [0.29, 0.717) is 5.95 Å². The van der Waals surface area contributed by atoms with Crippen molar-refractivity contribution in [2.45, 2.75) is 6.04 Å². The zero-order valence-electron chi connectivity index (χ0n) is 10.00. The SMILES string of the molecule is CNC(=O)C(Nc1ncccn1)c1ccccc1. The van der Waals surface area contributed by atoms with Gasteiger partial charge in [0.15, 0.2) is 0 Å². The summed E-state index contributed by atoms with van der Waals surface area (Å²) in [4.78, 5) is 20.0. The molecule has 92 valence electrons. The van der Waals surface area contributed by atoms with E-state index in [-0.39, 0.29) is 5.91 Å². The van der Waals surface area contributed by atoms with Crippen LogP contribution in [0.2, 0.25) is 0 Å². The number of nitrogens with one attached hydrogen (secondary N) is 2. The molecule has 0 bridgehead atoms. The Labute approximate surface area is 105 Å². The largest absolute Gasteiger partial charge is 0.357 e. The van der Waals surface area contributed by atoms with Crippen LogP contribution in [0.15, 0.2) is 48.8 Å². The van der Waals surface area contributed by atoms with E-state index in [4.69, 9.17) is 0 Å². The van der Waals surface area contributed by atoms with Crippen LogP contribution in [-0.2, 0) is 4.79 Å². The first-order valence-corrected chi connectivity index (χ1v) is 5.61. The Balaban J connectivity index is 2.24. The van der Waals surface area contributed by atoms with Gasteiger partial charge in [0.05, 0.1) is 0 Å². The van der Waals surface area contributed by atoms with Crippen molar-refractivity contribution >= 4 is 11.9 Å². The molecule has 2 rings (SSSR count). The van der Waals surface area contributed by atoms with Crippen LogP contribution in [0, 0.1) is 0 Å². The number of amides is 1. The molecule has 0 radical (unpaired) electrons.